The Kier molecular flexibility index (Phi) is 7.35. The number of benzene rings is 1. The molecule has 1 aromatic carbocycles. The maximum Gasteiger partial charge on any atom is 0.282 e. The number of para-hydroxylation sites is 1. The number of carbonyl (C=O) groups excluding carboxylic acids is 1. The van der Waals surface area contributed by atoms with Crippen molar-refractivity contribution < 1.29 is 14.5 Å². The Morgan fingerprint density at radius 3 is 2.82 bits per heavy atom. The van der Waals surface area contributed by atoms with Crippen LogP contribution in [0.3, 0.4) is 0 Å². The highest BCUT2D eigenvalue weighted by molar-refractivity contribution is 7.99. The van der Waals surface area contributed by atoms with Gasteiger partial charge in [0.05, 0.1) is 36.3 Å². The third-order valence-electron chi connectivity index (χ3n) is 5.16. The summed E-state index contributed by atoms with van der Waals surface area (Å²) in [6.45, 7) is 5.52. The number of morpholine rings is 1. The lowest BCUT2D eigenvalue weighted by molar-refractivity contribution is -0.385. The average Bonchev–Trinajstić information content (AvgIpc) is 3.25. The van der Waals surface area contributed by atoms with E-state index in [2.05, 4.69) is 22.2 Å². The summed E-state index contributed by atoms with van der Waals surface area (Å²) in [6, 6.07) is 5.89. The number of amides is 1. The Bertz CT molecular complexity index is 1150. The van der Waals surface area contributed by atoms with Gasteiger partial charge in [0.2, 0.25) is 0 Å². The molecule has 3 aromatic rings. The highest BCUT2D eigenvalue weighted by Crippen LogP contribution is 2.28. The van der Waals surface area contributed by atoms with Gasteiger partial charge in [0.1, 0.15) is 11.4 Å². The molecule has 1 saturated heterocycles. The van der Waals surface area contributed by atoms with Gasteiger partial charge in [-0.05, 0) is 12.5 Å². The molecule has 33 heavy (non-hydrogen) atoms. The fraction of sp³-hybridized carbons (Fsp3) is 0.429. The van der Waals surface area contributed by atoms with E-state index in [0.29, 0.717) is 30.6 Å². The summed E-state index contributed by atoms with van der Waals surface area (Å²) in [5, 5.41) is 19.9. The van der Waals surface area contributed by atoms with E-state index in [1.165, 1.54) is 18.2 Å². The number of thioether (sulfide) groups is 1. The molecule has 1 N–H and O–H groups in total. The largest absolute Gasteiger partial charge is 0.378 e. The number of hydrogen-bond acceptors (Lipinski definition) is 9. The predicted molar refractivity (Wildman–Crippen MR) is 125 cm³/mol. The molecule has 0 spiro atoms. The maximum atomic E-state index is 12.5. The van der Waals surface area contributed by atoms with Crippen molar-refractivity contribution in [2.45, 2.75) is 25.0 Å². The number of carbonyl (C=O) groups is 1. The molecule has 4 rings (SSSR count). The minimum Gasteiger partial charge on any atom is -0.378 e. The second-order valence-corrected chi connectivity index (χ2v) is 8.47. The Labute approximate surface area is 194 Å². The first kappa shape index (κ1) is 22.9. The SMILES string of the molecule is CCCSc1nc(N2CCOCC2)c2cnn(CCNC(=O)c3ccccc3[N+](=O)[O-])c2n1. The van der Waals surface area contributed by atoms with Crippen molar-refractivity contribution in [2.24, 2.45) is 0 Å². The van der Waals surface area contributed by atoms with E-state index in [9.17, 15) is 14.9 Å². The van der Waals surface area contributed by atoms with Gasteiger partial charge >= 0.3 is 0 Å². The summed E-state index contributed by atoms with van der Waals surface area (Å²) in [6.07, 6.45) is 2.76. The molecule has 1 fully saturated rings. The molecule has 11 nitrogen and oxygen atoms in total. The van der Waals surface area contributed by atoms with Crippen LogP contribution in [-0.2, 0) is 11.3 Å². The lowest BCUT2D eigenvalue weighted by Crippen LogP contribution is -2.37. The highest BCUT2D eigenvalue weighted by Gasteiger charge is 2.21. The molecule has 0 atom stereocenters. The number of anilines is 1. The minimum atomic E-state index is -0.560. The van der Waals surface area contributed by atoms with Gasteiger partial charge in [-0.2, -0.15) is 5.10 Å². The van der Waals surface area contributed by atoms with E-state index in [0.717, 1.165) is 36.5 Å². The molecule has 0 aliphatic carbocycles. The smallest absolute Gasteiger partial charge is 0.282 e. The molecule has 2 aromatic heterocycles. The molecule has 0 radical (unpaired) electrons. The predicted octanol–water partition coefficient (Wildman–Crippen LogP) is 2.50. The first-order valence-corrected chi connectivity index (χ1v) is 11.8. The second-order valence-electron chi connectivity index (χ2n) is 7.41. The van der Waals surface area contributed by atoms with Gasteiger partial charge in [-0.1, -0.05) is 30.8 Å². The Hall–Kier alpha value is -3.25. The van der Waals surface area contributed by atoms with Crippen molar-refractivity contribution in [3.05, 3.63) is 46.1 Å². The highest BCUT2D eigenvalue weighted by atomic mass is 32.2. The minimum absolute atomic E-state index is 0.0306. The summed E-state index contributed by atoms with van der Waals surface area (Å²) in [4.78, 5) is 34.8. The topological polar surface area (TPSA) is 128 Å². The van der Waals surface area contributed by atoms with E-state index >= 15 is 0 Å². The number of rotatable bonds is 9. The number of aromatic nitrogens is 4. The summed E-state index contributed by atoms with van der Waals surface area (Å²) in [5.74, 6) is 1.26. The van der Waals surface area contributed by atoms with Crippen LogP contribution in [0.15, 0.2) is 35.6 Å². The van der Waals surface area contributed by atoms with Gasteiger partial charge in [-0.25, -0.2) is 14.6 Å². The van der Waals surface area contributed by atoms with Crippen LogP contribution in [0.1, 0.15) is 23.7 Å². The number of nitrogens with zero attached hydrogens (tertiary/aromatic N) is 6. The first-order chi connectivity index (χ1) is 16.1. The van der Waals surface area contributed by atoms with Gasteiger partial charge in [-0.15, -0.1) is 0 Å². The normalized spacial score (nSPS) is 13.9. The molecule has 0 unspecified atom stereocenters. The van der Waals surface area contributed by atoms with Gasteiger partial charge < -0.3 is 15.0 Å². The number of fused-ring (bicyclic) bond motifs is 1. The third kappa shape index (κ3) is 5.22. The molecule has 1 aliphatic rings. The maximum absolute atomic E-state index is 12.5. The summed E-state index contributed by atoms with van der Waals surface area (Å²) in [5.41, 5.74) is 0.507. The van der Waals surface area contributed by atoms with E-state index in [1.807, 2.05) is 0 Å². The number of ether oxygens (including phenoxy) is 1. The Balaban J connectivity index is 1.53. The van der Waals surface area contributed by atoms with Crippen LogP contribution < -0.4 is 10.2 Å². The van der Waals surface area contributed by atoms with E-state index in [4.69, 9.17) is 14.7 Å². The zero-order valence-corrected chi connectivity index (χ0v) is 19.1. The van der Waals surface area contributed by atoms with Crippen molar-refractivity contribution in [3.63, 3.8) is 0 Å². The van der Waals surface area contributed by atoms with Crippen LogP contribution in [0.4, 0.5) is 11.5 Å². The average molecular weight is 472 g/mol. The van der Waals surface area contributed by atoms with Crippen LogP contribution in [0.25, 0.3) is 11.0 Å². The summed E-state index contributed by atoms with van der Waals surface area (Å²) in [7, 11) is 0. The van der Waals surface area contributed by atoms with Crippen molar-refractivity contribution in [2.75, 3.05) is 43.5 Å². The zero-order valence-electron chi connectivity index (χ0n) is 18.3. The number of nitro groups is 1. The molecular weight excluding hydrogens is 446 g/mol. The van der Waals surface area contributed by atoms with Gasteiger partial charge in [0, 0.05) is 31.5 Å². The molecule has 174 valence electrons. The molecule has 0 saturated carbocycles. The lowest BCUT2D eigenvalue weighted by Gasteiger charge is -2.28. The van der Waals surface area contributed by atoms with Gasteiger partial charge in [0.15, 0.2) is 10.8 Å². The van der Waals surface area contributed by atoms with Crippen molar-refractivity contribution in [1.82, 2.24) is 25.1 Å². The summed E-state index contributed by atoms with van der Waals surface area (Å²) >= 11 is 1.60. The van der Waals surface area contributed by atoms with Crippen LogP contribution in [0.2, 0.25) is 0 Å². The Morgan fingerprint density at radius 1 is 1.27 bits per heavy atom. The van der Waals surface area contributed by atoms with Crippen LogP contribution in [0.5, 0.6) is 0 Å². The van der Waals surface area contributed by atoms with Crippen LogP contribution in [-0.4, -0.2) is 69.2 Å². The van der Waals surface area contributed by atoms with Crippen LogP contribution >= 0.6 is 11.8 Å². The van der Waals surface area contributed by atoms with E-state index in [-0.39, 0.29) is 17.8 Å². The van der Waals surface area contributed by atoms with Crippen LogP contribution in [0, 0.1) is 10.1 Å². The monoisotopic (exact) mass is 471 g/mol. The molecule has 1 amide bonds. The number of nitro benzene ring substituents is 1. The van der Waals surface area contributed by atoms with E-state index in [1.54, 1.807) is 28.7 Å². The third-order valence-corrected chi connectivity index (χ3v) is 6.21. The Morgan fingerprint density at radius 2 is 2.06 bits per heavy atom. The fourth-order valence-corrected chi connectivity index (χ4v) is 4.24. The van der Waals surface area contributed by atoms with E-state index < -0.39 is 10.8 Å². The quantitative estimate of drug-likeness (QED) is 0.217. The van der Waals surface area contributed by atoms with Gasteiger partial charge in [0.25, 0.3) is 11.6 Å². The lowest BCUT2D eigenvalue weighted by atomic mass is 10.1. The molecular formula is C21H25N7O4S. The second kappa shape index (κ2) is 10.6. The molecule has 3 heterocycles. The zero-order chi connectivity index (χ0) is 23.2. The summed E-state index contributed by atoms with van der Waals surface area (Å²) < 4.78 is 7.21. The molecule has 1 aliphatic heterocycles. The fourth-order valence-electron chi connectivity index (χ4n) is 3.55. The van der Waals surface area contributed by atoms with Gasteiger partial charge in [-0.3, -0.25) is 14.9 Å². The molecule has 12 heteroatoms. The number of hydrogen-bond donors (Lipinski definition) is 1. The molecule has 0 bridgehead atoms. The van der Waals surface area contributed by atoms with Crippen molar-refractivity contribution in [3.8, 4) is 0 Å². The first-order valence-electron chi connectivity index (χ1n) is 10.8. The standard InChI is InChI=1S/C21H25N7O4S/c1-2-13-33-21-24-18(26-9-11-32-12-10-26)16-14-23-27(19(16)25-21)8-7-22-20(29)15-5-3-4-6-17(15)28(30)31/h3-6,14H,2,7-13H2,1H3,(H,22,29). The van der Waals surface area contributed by atoms with Crippen molar-refractivity contribution in [1.29, 1.82) is 0 Å². The number of nitrogens with one attached hydrogen (secondary N) is 1. The van der Waals surface area contributed by atoms with Crippen molar-refractivity contribution >= 4 is 40.2 Å².